The highest BCUT2D eigenvalue weighted by molar-refractivity contribution is 14.0. The zero-order valence-corrected chi connectivity index (χ0v) is 18.8. The number of aryl methyl sites for hydroxylation is 2. The summed E-state index contributed by atoms with van der Waals surface area (Å²) in [7, 11) is -3.54. The molecule has 0 aliphatic carbocycles. The highest BCUT2D eigenvalue weighted by atomic mass is 127. The molecule has 4 N–H and O–H groups in total. The summed E-state index contributed by atoms with van der Waals surface area (Å²) in [5.74, 6) is 0.312. The molecule has 0 spiro atoms. The molecule has 2 aromatic carbocycles. The van der Waals surface area contributed by atoms with Gasteiger partial charge >= 0.3 is 0 Å². The van der Waals surface area contributed by atoms with Crippen molar-refractivity contribution in [3.8, 4) is 0 Å². The maximum absolute atomic E-state index is 12.4. The molecule has 0 amide bonds. The van der Waals surface area contributed by atoms with Crippen molar-refractivity contribution in [3.05, 3.63) is 65.2 Å². The maximum atomic E-state index is 12.4. The molecule has 0 unspecified atom stereocenters. The number of aliphatic imine (C=N–C) groups is 1. The number of nitrogens with zero attached hydrogens (tertiary/aromatic N) is 1. The summed E-state index contributed by atoms with van der Waals surface area (Å²) in [5.41, 5.74) is 8.64. The fourth-order valence-corrected chi connectivity index (χ4v) is 3.81. The van der Waals surface area contributed by atoms with Gasteiger partial charge in [-0.15, -0.1) is 24.0 Å². The van der Waals surface area contributed by atoms with Crippen molar-refractivity contribution in [3.63, 3.8) is 0 Å². The number of benzene rings is 2. The second-order valence-electron chi connectivity index (χ2n) is 6.10. The van der Waals surface area contributed by atoms with E-state index in [1.165, 1.54) is 5.56 Å². The first kappa shape index (κ1) is 23.4. The summed E-state index contributed by atoms with van der Waals surface area (Å²) in [6, 6.07) is 15.4. The Hall–Kier alpha value is -1.65. The van der Waals surface area contributed by atoms with Gasteiger partial charge in [-0.05, 0) is 43.0 Å². The van der Waals surface area contributed by atoms with Gasteiger partial charge in [0, 0.05) is 13.1 Å². The molecule has 0 radical (unpaired) electrons. The Kier molecular flexibility index (Phi) is 9.75. The van der Waals surface area contributed by atoms with Gasteiger partial charge in [0.2, 0.25) is 10.0 Å². The largest absolute Gasteiger partial charge is 0.370 e. The maximum Gasteiger partial charge on any atom is 0.240 e. The first-order chi connectivity index (χ1) is 12.4. The number of sulfonamides is 1. The predicted molar refractivity (Wildman–Crippen MR) is 121 cm³/mol. The highest BCUT2D eigenvalue weighted by Crippen LogP contribution is 2.16. The third kappa shape index (κ3) is 7.86. The van der Waals surface area contributed by atoms with Crippen molar-refractivity contribution >= 4 is 40.0 Å². The molecule has 0 aliphatic rings. The summed E-state index contributed by atoms with van der Waals surface area (Å²) < 4.78 is 27.3. The van der Waals surface area contributed by atoms with Crippen molar-refractivity contribution < 1.29 is 8.42 Å². The van der Waals surface area contributed by atoms with E-state index < -0.39 is 10.0 Å². The zero-order valence-electron chi connectivity index (χ0n) is 15.6. The van der Waals surface area contributed by atoms with E-state index in [4.69, 9.17) is 5.73 Å². The van der Waals surface area contributed by atoms with Gasteiger partial charge in [0.1, 0.15) is 0 Å². The lowest BCUT2D eigenvalue weighted by Crippen LogP contribution is -2.34. The fraction of sp³-hybridized carbons (Fsp3) is 0.316. The van der Waals surface area contributed by atoms with Crippen molar-refractivity contribution in [2.24, 2.45) is 10.7 Å². The Morgan fingerprint density at radius 2 is 1.78 bits per heavy atom. The number of nitrogens with one attached hydrogen (secondary N) is 2. The van der Waals surface area contributed by atoms with Crippen LogP contribution in [0.15, 0.2) is 58.4 Å². The monoisotopic (exact) mass is 502 g/mol. The summed E-state index contributed by atoms with van der Waals surface area (Å²) in [5, 5.41) is 3.03. The van der Waals surface area contributed by atoms with Crippen LogP contribution in [0.25, 0.3) is 0 Å². The normalized spacial score (nSPS) is 11.7. The number of rotatable bonds is 8. The minimum atomic E-state index is -3.54. The second kappa shape index (κ2) is 11.3. The van der Waals surface area contributed by atoms with Crippen LogP contribution in [0, 0.1) is 13.8 Å². The smallest absolute Gasteiger partial charge is 0.240 e. The Bertz CT molecular complexity index is 855. The first-order valence-electron chi connectivity index (χ1n) is 8.53. The Balaban J connectivity index is 0.00000364. The van der Waals surface area contributed by atoms with Crippen LogP contribution in [0.2, 0.25) is 0 Å². The highest BCUT2D eigenvalue weighted by Gasteiger charge is 2.15. The molecule has 0 saturated heterocycles. The van der Waals surface area contributed by atoms with Gasteiger partial charge in [0.15, 0.2) is 5.96 Å². The third-order valence-electron chi connectivity index (χ3n) is 3.88. The molecule has 0 fully saturated rings. The lowest BCUT2D eigenvalue weighted by molar-refractivity contribution is 0.581. The second-order valence-corrected chi connectivity index (χ2v) is 7.83. The molecule has 0 bridgehead atoms. The van der Waals surface area contributed by atoms with E-state index in [0.29, 0.717) is 23.0 Å². The van der Waals surface area contributed by atoms with Gasteiger partial charge in [-0.25, -0.2) is 13.1 Å². The predicted octanol–water partition coefficient (Wildman–Crippen LogP) is 2.35. The average Bonchev–Trinajstić information content (AvgIpc) is 2.62. The van der Waals surface area contributed by atoms with Crippen molar-refractivity contribution in [1.29, 1.82) is 0 Å². The van der Waals surface area contributed by atoms with Crippen LogP contribution in [-0.4, -0.2) is 34.0 Å². The molecule has 0 aromatic heterocycles. The van der Waals surface area contributed by atoms with Gasteiger partial charge in [0.25, 0.3) is 0 Å². The SMILES string of the molecule is Cc1ccc(C)c(S(=O)(=O)NCCN=C(N)NCCc2ccccc2)c1.I. The number of guanidine groups is 1. The van der Waals surface area contributed by atoms with E-state index in [9.17, 15) is 8.42 Å². The standard InChI is InChI=1S/C19H26N4O2S.HI/c1-15-8-9-16(2)18(14-15)26(24,25)23-13-12-22-19(20)21-11-10-17-6-4-3-5-7-17;/h3-9,14,23H,10-13H2,1-2H3,(H3,20,21,22);1H. The quantitative estimate of drug-likeness (QED) is 0.224. The number of hydrogen-bond acceptors (Lipinski definition) is 3. The van der Waals surface area contributed by atoms with Crippen LogP contribution < -0.4 is 15.8 Å². The zero-order chi connectivity index (χ0) is 19.0. The molecular formula is C19H27IN4O2S. The van der Waals surface area contributed by atoms with E-state index >= 15 is 0 Å². The van der Waals surface area contributed by atoms with E-state index in [-0.39, 0.29) is 37.1 Å². The summed E-state index contributed by atoms with van der Waals surface area (Å²) >= 11 is 0. The number of nitrogens with two attached hydrogens (primary N) is 1. The van der Waals surface area contributed by atoms with Crippen molar-refractivity contribution in [1.82, 2.24) is 10.0 Å². The van der Waals surface area contributed by atoms with E-state index in [1.54, 1.807) is 19.1 Å². The Labute approximate surface area is 178 Å². The fourth-order valence-electron chi connectivity index (χ4n) is 2.47. The molecule has 6 nitrogen and oxygen atoms in total. The molecule has 0 saturated carbocycles. The van der Waals surface area contributed by atoms with Gasteiger partial charge in [-0.1, -0.05) is 42.5 Å². The van der Waals surface area contributed by atoms with Gasteiger partial charge in [0.05, 0.1) is 11.4 Å². The molecule has 148 valence electrons. The van der Waals surface area contributed by atoms with Gasteiger partial charge < -0.3 is 11.1 Å². The van der Waals surface area contributed by atoms with E-state index in [2.05, 4.69) is 27.2 Å². The minimum absolute atomic E-state index is 0. The van der Waals surface area contributed by atoms with Crippen LogP contribution >= 0.6 is 24.0 Å². The van der Waals surface area contributed by atoms with Gasteiger partial charge in [-0.2, -0.15) is 0 Å². The molecule has 2 aromatic rings. The van der Waals surface area contributed by atoms with Gasteiger partial charge in [-0.3, -0.25) is 4.99 Å². The van der Waals surface area contributed by atoms with Crippen LogP contribution in [-0.2, 0) is 16.4 Å². The molecule has 0 aliphatic heterocycles. The van der Waals surface area contributed by atoms with Crippen LogP contribution in [0.5, 0.6) is 0 Å². The Morgan fingerprint density at radius 1 is 1.07 bits per heavy atom. The molecule has 8 heteroatoms. The lowest BCUT2D eigenvalue weighted by Gasteiger charge is -2.10. The summed E-state index contributed by atoms with van der Waals surface area (Å²) in [6.45, 7) is 4.78. The summed E-state index contributed by atoms with van der Waals surface area (Å²) in [4.78, 5) is 4.45. The Morgan fingerprint density at radius 3 is 2.48 bits per heavy atom. The molecular weight excluding hydrogens is 475 g/mol. The van der Waals surface area contributed by atoms with E-state index in [0.717, 1.165) is 12.0 Å². The summed E-state index contributed by atoms with van der Waals surface area (Å²) in [6.07, 6.45) is 0.844. The van der Waals surface area contributed by atoms with Crippen LogP contribution in [0.3, 0.4) is 0 Å². The molecule has 0 atom stereocenters. The van der Waals surface area contributed by atoms with Crippen molar-refractivity contribution in [2.75, 3.05) is 19.6 Å². The average molecular weight is 502 g/mol. The third-order valence-corrected chi connectivity index (χ3v) is 5.48. The first-order valence-corrected chi connectivity index (χ1v) is 10.0. The number of hydrogen-bond donors (Lipinski definition) is 3. The van der Waals surface area contributed by atoms with Crippen LogP contribution in [0.4, 0.5) is 0 Å². The topological polar surface area (TPSA) is 96.6 Å². The molecule has 27 heavy (non-hydrogen) atoms. The lowest BCUT2D eigenvalue weighted by atomic mass is 10.1. The molecule has 0 heterocycles. The van der Waals surface area contributed by atoms with Crippen molar-refractivity contribution in [2.45, 2.75) is 25.2 Å². The van der Waals surface area contributed by atoms with Crippen LogP contribution in [0.1, 0.15) is 16.7 Å². The number of halogens is 1. The van der Waals surface area contributed by atoms with E-state index in [1.807, 2.05) is 31.2 Å². The minimum Gasteiger partial charge on any atom is -0.370 e. The molecule has 2 rings (SSSR count).